The van der Waals surface area contributed by atoms with Crippen LogP contribution in [0.2, 0.25) is 0 Å². The van der Waals surface area contributed by atoms with E-state index < -0.39 is 0 Å². The van der Waals surface area contributed by atoms with Crippen molar-refractivity contribution in [3.8, 4) is 0 Å². The highest BCUT2D eigenvalue weighted by Gasteiger charge is 2.09. The molecule has 0 atom stereocenters. The predicted molar refractivity (Wildman–Crippen MR) is 143 cm³/mol. The summed E-state index contributed by atoms with van der Waals surface area (Å²) < 4.78 is 6.08. The van der Waals surface area contributed by atoms with Gasteiger partial charge in [0.05, 0.1) is 18.7 Å². The van der Waals surface area contributed by atoms with Crippen LogP contribution >= 0.6 is 0 Å². The number of nitrogens with zero attached hydrogens (tertiary/aromatic N) is 1. The van der Waals surface area contributed by atoms with Gasteiger partial charge in [0, 0.05) is 23.1 Å². The topological polar surface area (TPSA) is 22.1 Å². The van der Waals surface area contributed by atoms with E-state index in [1.54, 1.807) is 6.08 Å². The van der Waals surface area contributed by atoms with Crippen molar-refractivity contribution in [3.05, 3.63) is 143 Å². The van der Waals surface area contributed by atoms with Crippen LogP contribution in [0.1, 0.15) is 33.5 Å². The van der Waals surface area contributed by atoms with E-state index in [0.29, 0.717) is 13.2 Å². The molecule has 1 heterocycles. The molecule has 0 saturated heterocycles. The van der Waals surface area contributed by atoms with Gasteiger partial charge in [-0.1, -0.05) is 92.0 Å². The second-order valence-corrected chi connectivity index (χ2v) is 8.24. The number of pyridine rings is 1. The maximum absolute atomic E-state index is 6.08. The fraction of sp³-hybridized carbons (Fsp3) is 0.125. The quantitative estimate of drug-likeness (QED) is 0.194. The first-order valence-electron chi connectivity index (χ1n) is 11.5. The molecular weight excluding hydrogens is 414 g/mol. The van der Waals surface area contributed by atoms with E-state index in [4.69, 9.17) is 9.72 Å². The minimum atomic E-state index is 0.518. The maximum atomic E-state index is 6.08. The summed E-state index contributed by atoms with van der Waals surface area (Å²) in [7, 11) is 0. The summed E-state index contributed by atoms with van der Waals surface area (Å²) in [5, 5.41) is 1.17. The molecule has 0 N–H and O–H groups in total. The van der Waals surface area contributed by atoms with Gasteiger partial charge in [-0.15, -0.1) is 5.73 Å². The molecule has 0 spiro atoms. The van der Waals surface area contributed by atoms with Crippen LogP contribution in [-0.2, 0) is 24.4 Å². The zero-order chi connectivity index (χ0) is 23.8. The molecule has 3 aromatic carbocycles. The highest BCUT2D eigenvalue weighted by Crippen LogP contribution is 2.24. The van der Waals surface area contributed by atoms with Crippen molar-refractivity contribution in [2.24, 2.45) is 0 Å². The molecule has 4 aromatic rings. The van der Waals surface area contributed by atoms with E-state index in [-0.39, 0.29) is 0 Å². The molecule has 0 aliphatic carbocycles. The van der Waals surface area contributed by atoms with E-state index in [9.17, 15) is 0 Å². The average Bonchev–Trinajstić information content (AvgIpc) is 2.86. The molecule has 0 unspecified atom stereocenters. The van der Waals surface area contributed by atoms with Crippen LogP contribution < -0.4 is 0 Å². The first-order chi connectivity index (χ1) is 16.7. The van der Waals surface area contributed by atoms with Crippen LogP contribution in [0.4, 0.5) is 0 Å². The fourth-order valence-electron chi connectivity index (χ4n) is 4.10. The second kappa shape index (κ2) is 11.2. The standard InChI is InChI=1S/C32H29NO/c1-4-27(5-2)32-24(3)11-8-16-29(32)23-34-22-26-14-9-12-25(21-26)13-10-17-30-20-19-28-15-6-7-18-31(28)33-30/h4,6-16,18-21H,1-2,17,22-23H2,3H3/b13-10-. The number of hydrogen-bond acceptors (Lipinski definition) is 2. The molecule has 2 nitrogen and oxygen atoms in total. The highest BCUT2D eigenvalue weighted by molar-refractivity contribution is 5.78. The summed E-state index contributed by atoms with van der Waals surface area (Å²) in [4.78, 5) is 4.74. The zero-order valence-corrected chi connectivity index (χ0v) is 19.6. The van der Waals surface area contributed by atoms with Crippen molar-refractivity contribution in [2.75, 3.05) is 0 Å². The Hall–Kier alpha value is -3.97. The second-order valence-electron chi connectivity index (χ2n) is 8.24. The van der Waals surface area contributed by atoms with Gasteiger partial charge < -0.3 is 4.74 Å². The third-order valence-corrected chi connectivity index (χ3v) is 5.79. The van der Waals surface area contributed by atoms with Gasteiger partial charge in [-0.05, 0) is 52.9 Å². The van der Waals surface area contributed by atoms with Gasteiger partial charge >= 0.3 is 0 Å². The molecule has 0 aliphatic rings. The minimum absolute atomic E-state index is 0.518. The molecule has 0 aliphatic heterocycles. The molecular formula is C32H29NO. The number of hydrogen-bond donors (Lipinski definition) is 0. The molecule has 0 radical (unpaired) electrons. The van der Waals surface area contributed by atoms with E-state index in [1.165, 1.54) is 10.9 Å². The van der Waals surface area contributed by atoms with Gasteiger partial charge in [0.15, 0.2) is 0 Å². The van der Waals surface area contributed by atoms with Crippen LogP contribution in [0.3, 0.4) is 0 Å². The Labute approximate surface area is 202 Å². The Kier molecular flexibility index (Phi) is 7.67. The average molecular weight is 444 g/mol. The lowest BCUT2D eigenvalue weighted by Gasteiger charge is -2.13. The maximum Gasteiger partial charge on any atom is 0.0727 e. The van der Waals surface area contributed by atoms with E-state index >= 15 is 0 Å². The zero-order valence-electron chi connectivity index (χ0n) is 19.6. The summed E-state index contributed by atoms with van der Waals surface area (Å²) in [5.74, 6) is 0. The summed E-state index contributed by atoms with van der Waals surface area (Å²) in [5.41, 5.74) is 11.7. The van der Waals surface area contributed by atoms with Crippen LogP contribution in [-0.4, -0.2) is 4.98 Å². The van der Waals surface area contributed by atoms with Gasteiger partial charge in [0.2, 0.25) is 0 Å². The van der Waals surface area contributed by atoms with Gasteiger partial charge in [-0.3, -0.25) is 4.98 Å². The lowest BCUT2D eigenvalue weighted by atomic mass is 9.96. The van der Waals surface area contributed by atoms with Gasteiger partial charge in [0.25, 0.3) is 0 Å². The molecule has 2 heteroatoms. The molecule has 0 fully saturated rings. The van der Waals surface area contributed by atoms with Crippen LogP contribution in [0.25, 0.3) is 22.6 Å². The van der Waals surface area contributed by atoms with Crippen molar-refractivity contribution < 1.29 is 4.74 Å². The van der Waals surface area contributed by atoms with Crippen LogP contribution in [0, 0.1) is 6.92 Å². The lowest BCUT2D eigenvalue weighted by Crippen LogP contribution is -2.00. The normalized spacial score (nSPS) is 11.0. The molecule has 0 bridgehead atoms. The third-order valence-electron chi connectivity index (χ3n) is 5.79. The number of para-hydroxylation sites is 1. The number of aromatic nitrogens is 1. The van der Waals surface area contributed by atoms with Crippen molar-refractivity contribution in [3.63, 3.8) is 0 Å². The molecule has 0 saturated carbocycles. The molecule has 34 heavy (non-hydrogen) atoms. The van der Waals surface area contributed by atoms with Crippen molar-refractivity contribution in [2.45, 2.75) is 26.6 Å². The van der Waals surface area contributed by atoms with Crippen LogP contribution in [0.15, 0.2) is 110 Å². The molecule has 168 valence electrons. The number of ether oxygens (including phenoxy) is 1. The number of benzene rings is 3. The Bertz CT molecular complexity index is 1390. The number of aryl methyl sites for hydroxylation is 1. The van der Waals surface area contributed by atoms with Crippen molar-refractivity contribution in [1.29, 1.82) is 0 Å². The van der Waals surface area contributed by atoms with E-state index in [2.05, 4.69) is 105 Å². The SMILES string of the molecule is C=C=C(C=C)c1c(C)cccc1COCc1cccc(/C=C\Cc2ccc3ccccc3n2)c1. The lowest BCUT2D eigenvalue weighted by molar-refractivity contribution is 0.107. The predicted octanol–water partition coefficient (Wildman–Crippen LogP) is 7.87. The first-order valence-corrected chi connectivity index (χ1v) is 11.5. The summed E-state index contributed by atoms with van der Waals surface area (Å²) in [6.07, 6.45) is 6.89. The molecule has 0 amide bonds. The number of rotatable bonds is 9. The first kappa shape index (κ1) is 23.2. The summed E-state index contributed by atoms with van der Waals surface area (Å²) >= 11 is 0. The Morgan fingerprint density at radius 1 is 0.971 bits per heavy atom. The summed E-state index contributed by atoms with van der Waals surface area (Å²) in [6, 6.07) is 27.1. The van der Waals surface area contributed by atoms with Gasteiger partial charge in [-0.25, -0.2) is 0 Å². The molecule has 1 aromatic heterocycles. The Morgan fingerprint density at radius 3 is 2.68 bits per heavy atom. The fourth-order valence-corrected chi connectivity index (χ4v) is 4.10. The summed E-state index contributed by atoms with van der Waals surface area (Å²) in [6.45, 7) is 10.8. The van der Waals surface area contributed by atoms with E-state index in [0.717, 1.165) is 45.5 Å². The largest absolute Gasteiger partial charge is 0.372 e. The van der Waals surface area contributed by atoms with E-state index in [1.807, 2.05) is 12.1 Å². The number of fused-ring (bicyclic) bond motifs is 1. The van der Waals surface area contributed by atoms with Gasteiger partial charge in [0.1, 0.15) is 0 Å². The van der Waals surface area contributed by atoms with Crippen molar-refractivity contribution in [1.82, 2.24) is 4.98 Å². The smallest absolute Gasteiger partial charge is 0.0727 e. The van der Waals surface area contributed by atoms with Gasteiger partial charge in [-0.2, -0.15) is 0 Å². The Morgan fingerprint density at radius 2 is 1.82 bits per heavy atom. The minimum Gasteiger partial charge on any atom is -0.372 e. The monoisotopic (exact) mass is 443 g/mol. The Balaban J connectivity index is 1.38. The van der Waals surface area contributed by atoms with Crippen molar-refractivity contribution >= 4 is 22.6 Å². The third kappa shape index (κ3) is 5.68. The van der Waals surface area contributed by atoms with Crippen LogP contribution in [0.5, 0.6) is 0 Å². The molecule has 4 rings (SSSR count). The highest BCUT2D eigenvalue weighted by atomic mass is 16.5. The number of allylic oxidation sites excluding steroid dienone is 3.